The first-order valence-electron chi connectivity index (χ1n) is 7.02. The third-order valence-corrected chi connectivity index (χ3v) is 3.85. The average molecular weight is 334 g/mol. The van der Waals surface area contributed by atoms with Crippen LogP contribution >= 0.6 is 11.8 Å². The summed E-state index contributed by atoms with van der Waals surface area (Å²) in [4.78, 5) is 27.2. The van der Waals surface area contributed by atoms with Gasteiger partial charge in [0, 0.05) is 24.6 Å². The predicted molar refractivity (Wildman–Crippen MR) is 88.1 cm³/mol. The first kappa shape index (κ1) is 16.9. The molecule has 0 aliphatic carbocycles. The van der Waals surface area contributed by atoms with Gasteiger partial charge in [-0.05, 0) is 31.2 Å². The van der Waals surface area contributed by atoms with Crippen molar-refractivity contribution in [3.63, 3.8) is 0 Å². The van der Waals surface area contributed by atoms with E-state index in [0.717, 1.165) is 11.4 Å². The lowest BCUT2D eigenvalue weighted by atomic mass is 10.3. The maximum Gasteiger partial charge on any atom is 0.321 e. The summed E-state index contributed by atoms with van der Waals surface area (Å²) >= 11 is 1.26. The third kappa shape index (κ3) is 4.75. The van der Waals surface area contributed by atoms with Crippen molar-refractivity contribution in [1.82, 2.24) is 20.2 Å². The van der Waals surface area contributed by atoms with E-state index in [9.17, 15) is 9.59 Å². The number of imidazole rings is 1. The van der Waals surface area contributed by atoms with Crippen LogP contribution in [0.3, 0.4) is 0 Å². The molecular weight excluding hydrogens is 316 g/mol. The summed E-state index contributed by atoms with van der Waals surface area (Å²) in [5.74, 6) is 0.499. The fourth-order valence-electron chi connectivity index (χ4n) is 1.83. The average Bonchev–Trinajstić information content (AvgIpc) is 3.01. The number of urea groups is 1. The number of carbonyl (C=O) groups is 2. The van der Waals surface area contributed by atoms with E-state index in [0.29, 0.717) is 11.7 Å². The van der Waals surface area contributed by atoms with Crippen LogP contribution in [0.15, 0.2) is 41.8 Å². The van der Waals surface area contributed by atoms with Crippen LogP contribution in [-0.4, -0.2) is 40.9 Å². The number of methoxy groups -OCH3 is 1. The molecule has 0 aliphatic heterocycles. The Bertz CT molecular complexity index is 670. The molecule has 2 N–H and O–H groups in total. The molecule has 23 heavy (non-hydrogen) atoms. The van der Waals surface area contributed by atoms with E-state index in [4.69, 9.17) is 4.74 Å². The van der Waals surface area contributed by atoms with Crippen LogP contribution in [0.5, 0.6) is 5.75 Å². The van der Waals surface area contributed by atoms with E-state index in [-0.39, 0.29) is 11.7 Å². The molecule has 1 aromatic heterocycles. The smallest absolute Gasteiger partial charge is 0.321 e. The van der Waals surface area contributed by atoms with Crippen molar-refractivity contribution in [3.05, 3.63) is 36.7 Å². The second kappa shape index (κ2) is 8.23. The predicted octanol–water partition coefficient (Wildman–Crippen LogP) is 1.82. The highest BCUT2D eigenvalue weighted by molar-refractivity contribution is 7.99. The zero-order chi connectivity index (χ0) is 16.7. The van der Waals surface area contributed by atoms with Gasteiger partial charge in [0.25, 0.3) is 0 Å². The highest BCUT2D eigenvalue weighted by Crippen LogP contribution is 2.22. The molecule has 0 saturated heterocycles. The van der Waals surface area contributed by atoms with Crippen molar-refractivity contribution in [2.75, 3.05) is 19.4 Å². The van der Waals surface area contributed by atoms with E-state index in [1.54, 1.807) is 20.2 Å². The quantitative estimate of drug-likeness (QED) is 0.787. The van der Waals surface area contributed by atoms with Gasteiger partial charge >= 0.3 is 6.03 Å². The topological polar surface area (TPSA) is 85.3 Å². The Morgan fingerprint density at radius 2 is 2.04 bits per heavy atom. The Morgan fingerprint density at radius 3 is 2.70 bits per heavy atom. The maximum absolute atomic E-state index is 11.7. The van der Waals surface area contributed by atoms with Crippen LogP contribution in [0.4, 0.5) is 4.79 Å². The molecule has 0 radical (unpaired) electrons. The summed E-state index contributed by atoms with van der Waals surface area (Å²) < 4.78 is 7.00. The van der Waals surface area contributed by atoms with Crippen molar-refractivity contribution in [2.24, 2.45) is 0 Å². The molecule has 7 nitrogen and oxygen atoms in total. The number of benzene rings is 1. The first-order valence-corrected chi connectivity index (χ1v) is 8.01. The van der Waals surface area contributed by atoms with E-state index < -0.39 is 6.03 Å². The molecule has 3 amide bonds. The number of carbonyl (C=O) groups excluding carboxylic acids is 2. The van der Waals surface area contributed by atoms with Gasteiger partial charge in [-0.25, -0.2) is 9.78 Å². The number of hydrogen-bond acceptors (Lipinski definition) is 5. The highest BCUT2D eigenvalue weighted by Gasteiger charge is 2.11. The number of thioether (sulfide) groups is 1. The summed E-state index contributed by atoms with van der Waals surface area (Å²) in [6, 6.07) is 7.02. The molecule has 122 valence electrons. The van der Waals surface area contributed by atoms with Crippen molar-refractivity contribution in [3.8, 4) is 11.4 Å². The van der Waals surface area contributed by atoms with Crippen LogP contribution in [0.25, 0.3) is 5.69 Å². The minimum absolute atomic E-state index is 0.101. The van der Waals surface area contributed by atoms with E-state index in [2.05, 4.69) is 15.6 Å². The van der Waals surface area contributed by atoms with Gasteiger partial charge in [-0.15, -0.1) is 0 Å². The Kier molecular flexibility index (Phi) is 6.04. The lowest BCUT2D eigenvalue weighted by molar-refractivity contribution is -0.117. The minimum Gasteiger partial charge on any atom is -0.497 e. The molecule has 0 bridgehead atoms. The molecule has 2 rings (SSSR count). The normalized spacial score (nSPS) is 10.2. The number of rotatable bonds is 6. The van der Waals surface area contributed by atoms with Crippen LogP contribution in [-0.2, 0) is 4.79 Å². The minimum atomic E-state index is -0.489. The number of nitrogens with one attached hydrogen (secondary N) is 2. The Hall–Kier alpha value is -2.48. The number of amides is 3. The molecule has 2 aromatic rings. The van der Waals surface area contributed by atoms with Gasteiger partial charge in [-0.2, -0.15) is 0 Å². The van der Waals surface area contributed by atoms with Crippen molar-refractivity contribution in [1.29, 1.82) is 0 Å². The van der Waals surface area contributed by atoms with Gasteiger partial charge in [-0.1, -0.05) is 11.8 Å². The fraction of sp³-hybridized carbons (Fsp3) is 0.267. The maximum atomic E-state index is 11.7. The zero-order valence-corrected chi connectivity index (χ0v) is 13.7. The number of nitrogens with zero attached hydrogens (tertiary/aromatic N) is 2. The van der Waals surface area contributed by atoms with Gasteiger partial charge in [0.1, 0.15) is 5.75 Å². The monoisotopic (exact) mass is 334 g/mol. The van der Waals surface area contributed by atoms with E-state index >= 15 is 0 Å². The van der Waals surface area contributed by atoms with Gasteiger partial charge in [0.05, 0.1) is 12.9 Å². The number of hydrogen-bond donors (Lipinski definition) is 2. The number of aromatic nitrogens is 2. The third-order valence-electron chi connectivity index (χ3n) is 2.88. The summed E-state index contributed by atoms with van der Waals surface area (Å²) in [7, 11) is 1.61. The van der Waals surface area contributed by atoms with Crippen molar-refractivity contribution >= 4 is 23.7 Å². The van der Waals surface area contributed by atoms with E-state index in [1.807, 2.05) is 35.0 Å². The standard InChI is InChI=1S/C15H18N4O3S/c1-3-16-14(21)18-13(20)10-23-15-17-8-9-19(15)11-4-6-12(22-2)7-5-11/h4-9H,3,10H2,1-2H3,(H2,16,18,20,21). The summed E-state index contributed by atoms with van der Waals surface area (Å²) in [6.45, 7) is 2.25. The SMILES string of the molecule is CCNC(=O)NC(=O)CSc1nccn1-c1ccc(OC)cc1. The second-order valence-electron chi connectivity index (χ2n) is 4.47. The van der Waals surface area contributed by atoms with Crippen molar-refractivity contribution in [2.45, 2.75) is 12.1 Å². The summed E-state index contributed by atoms with van der Waals surface area (Å²) in [6.07, 6.45) is 3.47. The number of ether oxygens (including phenoxy) is 1. The highest BCUT2D eigenvalue weighted by atomic mass is 32.2. The lowest BCUT2D eigenvalue weighted by Crippen LogP contribution is -2.40. The summed E-state index contributed by atoms with van der Waals surface area (Å²) in [5, 5.41) is 5.43. The van der Waals surface area contributed by atoms with Gasteiger partial charge < -0.3 is 10.1 Å². The van der Waals surface area contributed by atoms with Crippen LogP contribution in [0.1, 0.15) is 6.92 Å². The van der Waals surface area contributed by atoms with Gasteiger partial charge in [-0.3, -0.25) is 14.7 Å². The Morgan fingerprint density at radius 1 is 1.30 bits per heavy atom. The molecule has 8 heteroatoms. The number of imide groups is 1. The second-order valence-corrected chi connectivity index (χ2v) is 5.42. The molecular formula is C15H18N4O3S. The summed E-state index contributed by atoms with van der Waals surface area (Å²) in [5.41, 5.74) is 0.912. The van der Waals surface area contributed by atoms with E-state index in [1.165, 1.54) is 11.8 Å². The zero-order valence-electron chi connectivity index (χ0n) is 12.9. The molecule has 0 aliphatic rings. The van der Waals surface area contributed by atoms with Crippen molar-refractivity contribution < 1.29 is 14.3 Å². The van der Waals surface area contributed by atoms with Crippen LogP contribution in [0.2, 0.25) is 0 Å². The van der Waals surface area contributed by atoms with Gasteiger partial charge in [0.2, 0.25) is 5.91 Å². The molecule has 0 spiro atoms. The van der Waals surface area contributed by atoms with Crippen LogP contribution < -0.4 is 15.4 Å². The molecule has 0 unspecified atom stereocenters. The Balaban J connectivity index is 1.98. The molecule has 0 atom stereocenters. The fourth-order valence-corrected chi connectivity index (χ4v) is 2.61. The Labute approximate surface area is 138 Å². The lowest BCUT2D eigenvalue weighted by Gasteiger charge is -2.08. The molecule has 1 heterocycles. The molecule has 0 fully saturated rings. The van der Waals surface area contributed by atoms with Gasteiger partial charge in [0.15, 0.2) is 5.16 Å². The first-order chi connectivity index (χ1) is 11.1. The van der Waals surface area contributed by atoms with Crippen LogP contribution in [0, 0.1) is 0 Å². The molecule has 1 aromatic carbocycles. The largest absolute Gasteiger partial charge is 0.497 e. The molecule has 0 saturated carbocycles.